The van der Waals surface area contributed by atoms with E-state index in [1.165, 1.54) is 10.7 Å². The quantitative estimate of drug-likeness (QED) is 0.314. The van der Waals surface area contributed by atoms with Gasteiger partial charge in [-0.25, -0.2) is 4.68 Å². The van der Waals surface area contributed by atoms with Crippen molar-refractivity contribution in [3.8, 4) is 0 Å². The number of hydrogen-bond acceptors (Lipinski definition) is 3. The lowest BCUT2D eigenvalue weighted by molar-refractivity contribution is -0.136. The van der Waals surface area contributed by atoms with Crippen molar-refractivity contribution in [3.05, 3.63) is 62.7 Å². The van der Waals surface area contributed by atoms with Crippen LogP contribution in [0.3, 0.4) is 0 Å². The standard InChI is InChI=1S/C21H19BrCl2N4O3/c1-2-3-8-25-20(30)21(31)27-28-17-7-4-13(22)9-12(17)10-18(28)19(29)26-16-6-5-14(23)11-15(16)24/h4-7,9-11H,2-3,8H2,1H3,(H,25,30)(H,26,29)(H,27,31). The van der Waals surface area contributed by atoms with E-state index < -0.39 is 17.7 Å². The van der Waals surface area contributed by atoms with Gasteiger partial charge in [-0.2, -0.15) is 0 Å². The normalized spacial score (nSPS) is 10.7. The first-order valence-electron chi connectivity index (χ1n) is 9.46. The zero-order valence-electron chi connectivity index (χ0n) is 16.5. The van der Waals surface area contributed by atoms with Crippen LogP contribution in [0.15, 0.2) is 46.9 Å². The van der Waals surface area contributed by atoms with Crippen LogP contribution in [0.1, 0.15) is 30.3 Å². The number of amides is 3. The second kappa shape index (κ2) is 10.2. The molecule has 0 saturated heterocycles. The number of benzene rings is 2. The molecule has 0 aliphatic carbocycles. The van der Waals surface area contributed by atoms with Gasteiger partial charge >= 0.3 is 11.8 Å². The molecule has 31 heavy (non-hydrogen) atoms. The van der Waals surface area contributed by atoms with Gasteiger partial charge in [-0.1, -0.05) is 52.5 Å². The van der Waals surface area contributed by atoms with Crippen LogP contribution in [-0.4, -0.2) is 28.9 Å². The summed E-state index contributed by atoms with van der Waals surface area (Å²) in [5, 5.41) is 6.64. The molecular weight excluding hydrogens is 507 g/mol. The van der Waals surface area contributed by atoms with E-state index in [1.54, 1.807) is 36.4 Å². The fourth-order valence-electron chi connectivity index (χ4n) is 2.86. The molecule has 0 aliphatic rings. The molecule has 1 heterocycles. The monoisotopic (exact) mass is 524 g/mol. The lowest BCUT2D eigenvalue weighted by Crippen LogP contribution is -2.40. The largest absolute Gasteiger partial charge is 0.348 e. The van der Waals surface area contributed by atoms with Gasteiger partial charge in [0, 0.05) is 21.4 Å². The summed E-state index contributed by atoms with van der Waals surface area (Å²) in [5.41, 5.74) is 3.53. The van der Waals surface area contributed by atoms with Crippen molar-refractivity contribution in [3.63, 3.8) is 0 Å². The van der Waals surface area contributed by atoms with Crippen molar-refractivity contribution >= 4 is 73.4 Å². The number of fused-ring (bicyclic) bond motifs is 1. The average molecular weight is 526 g/mol. The molecule has 0 bridgehead atoms. The molecule has 1 aromatic heterocycles. The Hall–Kier alpha value is -2.55. The molecule has 7 nitrogen and oxygen atoms in total. The number of nitrogens with zero attached hydrogens (tertiary/aromatic N) is 1. The number of nitrogens with one attached hydrogen (secondary N) is 3. The van der Waals surface area contributed by atoms with Gasteiger partial charge in [0.1, 0.15) is 5.69 Å². The number of unbranched alkanes of at least 4 members (excludes halogenated alkanes) is 1. The van der Waals surface area contributed by atoms with Gasteiger partial charge in [0.05, 0.1) is 16.2 Å². The average Bonchev–Trinajstić information content (AvgIpc) is 3.07. The second-order valence-electron chi connectivity index (χ2n) is 6.70. The highest BCUT2D eigenvalue weighted by Gasteiger charge is 2.21. The van der Waals surface area contributed by atoms with Crippen molar-refractivity contribution in [1.29, 1.82) is 0 Å². The molecule has 0 spiro atoms. The highest BCUT2D eigenvalue weighted by Crippen LogP contribution is 2.27. The van der Waals surface area contributed by atoms with E-state index in [0.29, 0.717) is 28.2 Å². The summed E-state index contributed by atoms with van der Waals surface area (Å²) in [6, 6.07) is 11.6. The maximum absolute atomic E-state index is 13.0. The maximum Gasteiger partial charge on any atom is 0.328 e. The Kier molecular flexibility index (Phi) is 7.59. The van der Waals surface area contributed by atoms with Crippen LogP contribution < -0.4 is 16.1 Å². The van der Waals surface area contributed by atoms with E-state index >= 15 is 0 Å². The third-order valence-electron chi connectivity index (χ3n) is 4.41. The number of carbonyl (C=O) groups excluding carboxylic acids is 3. The molecule has 3 N–H and O–H groups in total. The van der Waals surface area contributed by atoms with Crippen molar-refractivity contribution in [1.82, 2.24) is 9.99 Å². The van der Waals surface area contributed by atoms with Crippen molar-refractivity contribution in [2.75, 3.05) is 17.3 Å². The molecule has 2 aromatic carbocycles. The van der Waals surface area contributed by atoms with Gasteiger partial charge in [0.2, 0.25) is 0 Å². The number of hydrogen-bond donors (Lipinski definition) is 3. The molecule has 0 saturated carbocycles. The van der Waals surface area contributed by atoms with Gasteiger partial charge < -0.3 is 10.6 Å². The molecule has 0 atom stereocenters. The summed E-state index contributed by atoms with van der Waals surface area (Å²) in [4.78, 5) is 37.5. The van der Waals surface area contributed by atoms with Gasteiger partial charge in [0.15, 0.2) is 0 Å². The van der Waals surface area contributed by atoms with Gasteiger partial charge in [-0.3, -0.25) is 19.8 Å². The summed E-state index contributed by atoms with van der Waals surface area (Å²) in [6.45, 7) is 2.37. The molecule has 0 radical (unpaired) electrons. The molecule has 162 valence electrons. The van der Waals surface area contributed by atoms with E-state index in [4.69, 9.17) is 23.2 Å². The Morgan fingerprint density at radius 2 is 1.81 bits per heavy atom. The molecule has 0 unspecified atom stereocenters. The highest BCUT2D eigenvalue weighted by atomic mass is 79.9. The Bertz CT molecular complexity index is 1160. The van der Waals surface area contributed by atoms with Crippen molar-refractivity contribution in [2.24, 2.45) is 0 Å². The van der Waals surface area contributed by atoms with Crippen molar-refractivity contribution in [2.45, 2.75) is 19.8 Å². The Morgan fingerprint density at radius 3 is 2.52 bits per heavy atom. The first kappa shape index (κ1) is 23.1. The molecule has 3 rings (SSSR count). The second-order valence-corrected chi connectivity index (χ2v) is 8.46. The van der Waals surface area contributed by atoms with Crippen molar-refractivity contribution < 1.29 is 14.4 Å². The maximum atomic E-state index is 13.0. The lowest BCUT2D eigenvalue weighted by atomic mass is 10.2. The van der Waals surface area contributed by atoms with Crippen LogP contribution >= 0.6 is 39.1 Å². The summed E-state index contributed by atoms with van der Waals surface area (Å²) < 4.78 is 2.08. The first-order valence-corrected chi connectivity index (χ1v) is 11.0. The predicted octanol–water partition coefficient (Wildman–Crippen LogP) is 4.95. The summed E-state index contributed by atoms with van der Waals surface area (Å²) in [7, 11) is 0. The fraction of sp³-hybridized carbons (Fsp3) is 0.190. The number of rotatable bonds is 6. The predicted molar refractivity (Wildman–Crippen MR) is 126 cm³/mol. The topological polar surface area (TPSA) is 92.2 Å². The number of carbonyl (C=O) groups is 3. The first-order chi connectivity index (χ1) is 14.8. The van der Waals surface area contributed by atoms with E-state index in [0.717, 1.165) is 17.3 Å². The summed E-state index contributed by atoms with van der Waals surface area (Å²) in [6.07, 6.45) is 1.64. The lowest BCUT2D eigenvalue weighted by Gasteiger charge is -2.13. The minimum absolute atomic E-state index is 0.119. The number of aromatic nitrogens is 1. The fourth-order valence-corrected chi connectivity index (χ4v) is 3.70. The van der Waals surface area contributed by atoms with Crippen LogP contribution in [0.5, 0.6) is 0 Å². The van der Waals surface area contributed by atoms with E-state index in [-0.39, 0.29) is 10.7 Å². The van der Waals surface area contributed by atoms with Gasteiger partial charge in [0.25, 0.3) is 5.91 Å². The zero-order chi connectivity index (χ0) is 22.5. The molecule has 0 aliphatic heterocycles. The van der Waals surface area contributed by atoms with Gasteiger partial charge in [-0.15, -0.1) is 0 Å². The smallest absolute Gasteiger partial charge is 0.328 e. The zero-order valence-corrected chi connectivity index (χ0v) is 19.6. The highest BCUT2D eigenvalue weighted by molar-refractivity contribution is 9.10. The van der Waals surface area contributed by atoms with Crippen LogP contribution in [-0.2, 0) is 9.59 Å². The molecule has 0 fully saturated rings. The molecule has 3 aromatic rings. The van der Waals surface area contributed by atoms with E-state index in [2.05, 4.69) is 32.0 Å². The van der Waals surface area contributed by atoms with Crippen LogP contribution in [0, 0.1) is 0 Å². The summed E-state index contributed by atoms with van der Waals surface area (Å²) >= 11 is 15.4. The Morgan fingerprint density at radius 1 is 1.03 bits per heavy atom. The number of anilines is 1. The van der Waals surface area contributed by atoms with E-state index in [1.807, 2.05) is 6.92 Å². The third-order valence-corrected chi connectivity index (χ3v) is 5.45. The van der Waals surface area contributed by atoms with E-state index in [9.17, 15) is 14.4 Å². The third kappa shape index (κ3) is 5.58. The summed E-state index contributed by atoms with van der Waals surface area (Å²) in [5.74, 6) is -2.18. The molecule has 10 heteroatoms. The van der Waals surface area contributed by atoms with Gasteiger partial charge in [-0.05, 0) is 48.9 Å². The Balaban J connectivity index is 1.92. The minimum atomic E-state index is -0.880. The van der Waals surface area contributed by atoms with Crippen LogP contribution in [0.4, 0.5) is 5.69 Å². The molecule has 3 amide bonds. The number of halogens is 3. The van der Waals surface area contributed by atoms with Crippen LogP contribution in [0.25, 0.3) is 10.9 Å². The minimum Gasteiger partial charge on any atom is -0.348 e. The SMILES string of the molecule is CCCCNC(=O)C(=O)Nn1c(C(=O)Nc2ccc(Cl)cc2Cl)cc2cc(Br)ccc21. The Labute approximate surface area is 197 Å². The molecular formula is C21H19BrCl2N4O3. The van der Waals surface area contributed by atoms with Crippen LogP contribution in [0.2, 0.25) is 10.0 Å².